The quantitative estimate of drug-likeness (QED) is 0.0712. The van der Waals surface area contributed by atoms with E-state index in [-0.39, 0.29) is 116 Å². The Morgan fingerprint density at radius 1 is 0.540 bits per heavy atom. The predicted octanol–water partition coefficient (Wildman–Crippen LogP) is 14.8. The van der Waals surface area contributed by atoms with Crippen LogP contribution in [0, 0.1) is 40.1 Å². The molecule has 31 heteroatoms. The Balaban J connectivity index is 0.000000148. The standard InChI is InChI=1S/C29H26ClFN6O2.C27H23ClFN7O2.C26H21ClF2N4O3/c1-4-18-14-17-8-6-7-9-20(17)26(33-18)24-22(30)15-21-27(25(24)31)34-29(39-3)35-28(21)36-12-13-37(23(38)5-2)19(16-36)10-11-32;1-3-21(37)36-11-10-35(14-16(36)8-9-30)26-18-13-19(28)22(23(29)25(18)33-27(34-26)38-2)24-17-7-5-4-6-15(17)12-20(31)32-24;1-14(28)25(35)33-9-7-32(8-10-33)24-19-13-20(27)21(22(29)23(19)30-26(31-24)36-2)18-12-16(34)11-15-5-3-4-6-17(15)18/h5-9,14-15,19H,2,4,10,12-13,16H2,1,3H3;3-7,12-13,16H,1,8,10-11,14H2,2H3,(H2,31,32);3-6,11-13,34H,1,7-10H2,2H3/t19-;16-;/m00./s1. The number of hydrogen-bond donors (Lipinski definition) is 2. The Bertz CT molecular complexity index is 5970. The number of phenols is 1. The van der Waals surface area contributed by atoms with Gasteiger partial charge >= 0.3 is 18.0 Å². The van der Waals surface area contributed by atoms with Gasteiger partial charge in [-0.2, -0.15) is 40.4 Å². The number of carbonyl (C=O) groups is 3. The number of nitrogen functional groups attached to an aromatic ring is 1. The van der Waals surface area contributed by atoms with Crippen LogP contribution < -0.4 is 34.6 Å². The molecule has 0 bridgehead atoms. The highest BCUT2D eigenvalue weighted by Crippen LogP contribution is 2.46. The zero-order valence-corrected chi connectivity index (χ0v) is 63.6. The first-order valence-electron chi connectivity index (χ1n) is 35.5. The molecular formula is C82H70Cl3F4N17O7. The summed E-state index contributed by atoms with van der Waals surface area (Å²) >= 11 is 20.2. The van der Waals surface area contributed by atoms with E-state index < -0.39 is 41.3 Å². The molecule has 8 heterocycles. The van der Waals surface area contributed by atoms with Gasteiger partial charge in [0.25, 0.3) is 5.91 Å². The molecule has 0 aliphatic carbocycles. The number of rotatable bonds is 15. The third-order valence-corrected chi connectivity index (χ3v) is 20.7. The molecule has 3 aliphatic rings. The zero-order chi connectivity index (χ0) is 80.2. The molecular weight excluding hydrogens is 1520 g/mol. The van der Waals surface area contributed by atoms with Crippen LogP contribution in [0.25, 0.3) is 98.7 Å². The highest BCUT2D eigenvalue weighted by Gasteiger charge is 2.36. The SMILES string of the molecule is C=C(F)C(=O)N1CCN(c2nc(OC)nc3c(F)c(-c4cc(O)cc5ccccc45)c(Cl)cc23)CC1.C=CC(=O)N1CCN(c2nc(OC)nc3c(F)c(-c4nc(CC)cc5ccccc45)c(Cl)cc23)C[C@@H]1CC#N.C=CC(=O)N1CCN(c2nc(OC)nc3c(F)c(-c4nc(N)cc5ccccc45)c(Cl)cc23)C[C@@H]1CC#N. The van der Waals surface area contributed by atoms with Crippen LogP contribution in [0.15, 0.2) is 153 Å². The minimum Gasteiger partial charge on any atom is -0.508 e. The summed E-state index contributed by atoms with van der Waals surface area (Å²) in [4.78, 5) is 82.4. The second kappa shape index (κ2) is 33.4. The number of benzene rings is 7. The number of hydrogen-bond acceptors (Lipinski definition) is 21. The third kappa shape index (κ3) is 15.5. The number of anilines is 4. The van der Waals surface area contributed by atoms with Gasteiger partial charge in [0.2, 0.25) is 11.8 Å². The second-order valence-corrected chi connectivity index (χ2v) is 27.6. The Labute approximate surface area is 659 Å². The number of aryl methyl sites for hydroxylation is 1. The van der Waals surface area contributed by atoms with Crippen LogP contribution >= 0.6 is 34.8 Å². The summed E-state index contributed by atoms with van der Waals surface area (Å²) < 4.78 is 78.1. The first-order valence-corrected chi connectivity index (χ1v) is 36.6. The number of nitriles is 2. The molecule has 24 nitrogen and oxygen atoms in total. The van der Waals surface area contributed by atoms with E-state index in [0.717, 1.165) is 27.2 Å². The van der Waals surface area contributed by atoms with Crippen molar-refractivity contribution in [2.45, 2.75) is 38.3 Å². The number of phenolic OH excluding ortho intramolecular Hbond substituents is 1. The Hall–Kier alpha value is -12.8. The average molecular weight is 1590 g/mol. The summed E-state index contributed by atoms with van der Waals surface area (Å²) in [6.45, 7) is 15.4. The molecule has 15 rings (SSSR count). The maximum atomic E-state index is 16.5. The van der Waals surface area contributed by atoms with E-state index in [1.165, 1.54) is 44.4 Å². The Kier molecular flexibility index (Phi) is 23.2. The molecule has 12 aromatic rings. The molecule has 0 unspecified atom stereocenters. The number of ether oxygens (including phenoxy) is 3. The van der Waals surface area contributed by atoms with Crippen molar-refractivity contribution in [3.05, 3.63) is 191 Å². The molecule has 0 radical (unpaired) electrons. The summed E-state index contributed by atoms with van der Waals surface area (Å²) in [5.74, 6) is -2.87. The van der Waals surface area contributed by atoms with Gasteiger partial charge in [0.15, 0.2) is 23.3 Å². The van der Waals surface area contributed by atoms with E-state index in [2.05, 4.69) is 66.8 Å². The monoisotopic (exact) mass is 1590 g/mol. The number of carbonyl (C=O) groups excluding carboxylic acids is 3. The number of aromatic hydroxyl groups is 1. The van der Waals surface area contributed by atoms with E-state index in [1.807, 2.05) is 100 Å². The van der Waals surface area contributed by atoms with Crippen molar-refractivity contribution in [2.75, 3.05) is 107 Å². The van der Waals surface area contributed by atoms with Crippen LogP contribution in [0.5, 0.6) is 23.8 Å². The second-order valence-electron chi connectivity index (χ2n) is 26.4. The molecule has 574 valence electrons. The molecule has 113 heavy (non-hydrogen) atoms. The number of methoxy groups -OCH3 is 3. The van der Waals surface area contributed by atoms with Crippen molar-refractivity contribution >= 4 is 141 Å². The van der Waals surface area contributed by atoms with Crippen LogP contribution in [0.2, 0.25) is 15.1 Å². The molecule has 3 saturated heterocycles. The number of halogens is 7. The Morgan fingerprint density at radius 3 is 1.37 bits per heavy atom. The van der Waals surface area contributed by atoms with Gasteiger partial charge in [0.05, 0.1) is 96.0 Å². The summed E-state index contributed by atoms with van der Waals surface area (Å²) in [6, 6.07) is 37.3. The maximum absolute atomic E-state index is 16.5. The van der Waals surface area contributed by atoms with Gasteiger partial charge in [0, 0.05) is 104 Å². The van der Waals surface area contributed by atoms with Crippen molar-refractivity contribution < 1.29 is 51.3 Å². The first-order chi connectivity index (χ1) is 54.5. The van der Waals surface area contributed by atoms with E-state index in [0.29, 0.717) is 120 Å². The fourth-order valence-corrected chi connectivity index (χ4v) is 15.3. The minimum absolute atomic E-state index is 0.000633. The van der Waals surface area contributed by atoms with Crippen LogP contribution in [-0.4, -0.2) is 176 Å². The van der Waals surface area contributed by atoms with Gasteiger partial charge in [-0.3, -0.25) is 19.4 Å². The summed E-state index contributed by atoms with van der Waals surface area (Å²) in [5.41, 5.74) is 8.39. The third-order valence-electron chi connectivity index (χ3n) is 19.8. The normalized spacial score (nSPS) is 14.9. The molecule has 7 aromatic carbocycles. The molecule has 3 fully saturated rings. The van der Waals surface area contributed by atoms with Gasteiger partial charge in [-0.1, -0.05) is 134 Å². The van der Waals surface area contributed by atoms with Gasteiger partial charge < -0.3 is 54.5 Å². The van der Waals surface area contributed by atoms with E-state index in [9.17, 15) is 34.4 Å². The number of nitrogens with zero attached hydrogens (tertiary/aromatic N) is 16. The first kappa shape index (κ1) is 78.4. The summed E-state index contributed by atoms with van der Waals surface area (Å²) in [6.07, 6.45) is 3.39. The van der Waals surface area contributed by atoms with Crippen LogP contribution in [-0.2, 0) is 20.8 Å². The average Bonchev–Trinajstić information content (AvgIpc) is 0.753. The summed E-state index contributed by atoms with van der Waals surface area (Å²) in [5, 5.41) is 35.2. The molecule has 5 aromatic heterocycles. The summed E-state index contributed by atoms with van der Waals surface area (Å²) in [7, 11) is 4.19. The Morgan fingerprint density at radius 2 is 0.938 bits per heavy atom. The van der Waals surface area contributed by atoms with Crippen molar-refractivity contribution in [3.8, 4) is 69.6 Å². The minimum atomic E-state index is -1.02. The number of amides is 3. The highest BCUT2D eigenvalue weighted by atomic mass is 35.5. The van der Waals surface area contributed by atoms with Gasteiger partial charge in [0.1, 0.15) is 45.6 Å². The molecule has 0 spiro atoms. The van der Waals surface area contributed by atoms with Crippen LogP contribution in [0.3, 0.4) is 0 Å². The number of fused-ring (bicyclic) bond motifs is 6. The molecule has 3 N–H and O–H groups in total. The number of nitrogens with two attached hydrogens (primary N) is 1. The van der Waals surface area contributed by atoms with Gasteiger partial charge in [-0.25, -0.2) is 22.5 Å². The van der Waals surface area contributed by atoms with Crippen molar-refractivity contribution in [3.63, 3.8) is 0 Å². The van der Waals surface area contributed by atoms with Gasteiger partial charge in [-0.05, 0) is 88.1 Å². The van der Waals surface area contributed by atoms with E-state index in [4.69, 9.17) is 59.7 Å². The maximum Gasteiger partial charge on any atom is 0.318 e. The number of piperazine rings is 3. The fourth-order valence-electron chi connectivity index (χ4n) is 14.5. The highest BCUT2D eigenvalue weighted by molar-refractivity contribution is 6.36. The topological polar surface area (TPSA) is 295 Å². The van der Waals surface area contributed by atoms with Crippen molar-refractivity contribution in [1.29, 1.82) is 10.5 Å². The molecule has 0 saturated carbocycles. The van der Waals surface area contributed by atoms with Crippen LogP contribution in [0.1, 0.15) is 25.5 Å². The lowest BCUT2D eigenvalue weighted by molar-refractivity contribution is -0.129. The van der Waals surface area contributed by atoms with Gasteiger partial charge in [-0.15, -0.1) is 0 Å². The smallest absolute Gasteiger partial charge is 0.318 e. The largest absolute Gasteiger partial charge is 0.508 e. The molecule has 3 amide bonds. The zero-order valence-electron chi connectivity index (χ0n) is 61.4. The van der Waals surface area contributed by atoms with Crippen molar-refractivity contribution in [2.24, 2.45) is 0 Å². The number of pyridine rings is 2. The van der Waals surface area contributed by atoms with Crippen LogP contribution in [0.4, 0.5) is 40.8 Å². The van der Waals surface area contributed by atoms with Crippen molar-refractivity contribution in [1.82, 2.24) is 54.6 Å². The van der Waals surface area contributed by atoms with E-state index >= 15 is 13.2 Å². The predicted molar refractivity (Wildman–Crippen MR) is 428 cm³/mol. The van der Waals surface area contributed by atoms with E-state index in [1.54, 1.807) is 40.1 Å². The lowest BCUT2D eigenvalue weighted by atomic mass is 9.96. The number of aromatic nitrogens is 8. The molecule has 2 atom stereocenters. The fraction of sp³-hybridized carbons (Fsp3) is 0.232. The molecule has 3 aliphatic heterocycles. The lowest BCUT2D eigenvalue weighted by Gasteiger charge is -2.41. The lowest BCUT2D eigenvalue weighted by Crippen LogP contribution is -2.55.